The number of hydrogen-bond acceptors (Lipinski definition) is 5. The van der Waals surface area contributed by atoms with Crippen LogP contribution in [0, 0.1) is 0 Å². The molecule has 118 valence electrons. The number of nitrogens with zero attached hydrogens (tertiary/aromatic N) is 3. The molecule has 1 aromatic rings. The number of methoxy groups -OCH3 is 1. The summed E-state index contributed by atoms with van der Waals surface area (Å²) in [5, 5.41) is 18.2. The van der Waals surface area contributed by atoms with Gasteiger partial charge in [-0.2, -0.15) is 0 Å². The minimum atomic E-state index is -0.839. The van der Waals surface area contributed by atoms with Crippen molar-refractivity contribution in [2.24, 2.45) is 0 Å². The summed E-state index contributed by atoms with van der Waals surface area (Å²) in [7, 11) is 1.67. The summed E-state index contributed by atoms with van der Waals surface area (Å²) < 4.78 is 7.24. The van der Waals surface area contributed by atoms with E-state index in [4.69, 9.17) is 9.84 Å². The lowest BCUT2D eigenvalue weighted by atomic mass is 9.82. The van der Waals surface area contributed by atoms with Crippen molar-refractivity contribution in [1.82, 2.24) is 14.8 Å². The molecule has 1 fully saturated rings. The van der Waals surface area contributed by atoms with Crippen LogP contribution in [0.15, 0.2) is 5.16 Å². The maximum atomic E-state index is 10.8. The molecule has 1 heterocycles. The molecular formula is C14H23N3O3S. The number of aromatic nitrogens is 3. The molecule has 0 unspecified atom stereocenters. The highest BCUT2D eigenvalue weighted by atomic mass is 32.2. The first kappa shape index (κ1) is 16.3. The third kappa shape index (κ3) is 3.58. The van der Waals surface area contributed by atoms with E-state index in [9.17, 15) is 4.79 Å². The molecule has 0 atom stereocenters. The highest BCUT2D eigenvalue weighted by Gasteiger charge is 2.39. The van der Waals surface area contributed by atoms with Gasteiger partial charge in [-0.1, -0.05) is 31.5 Å². The zero-order valence-corrected chi connectivity index (χ0v) is 13.5. The minimum Gasteiger partial charge on any atom is -0.481 e. The van der Waals surface area contributed by atoms with E-state index >= 15 is 0 Å². The van der Waals surface area contributed by atoms with E-state index in [1.54, 1.807) is 7.11 Å². The number of aliphatic carboxylic acids is 1. The molecule has 0 spiro atoms. The van der Waals surface area contributed by atoms with Crippen LogP contribution in [0.5, 0.6) is 0 Å². The lowest BCUT2D eigenvalue weighted by Crippen LogP contribution is -2.27. The Hall–Kier alpha value is -1.08. The summed E-state index contributed by atoms with van der Waals surface area (Å²) in [6.45, 7) is 3.44. The second-order valence-electron chi connectivity index (χ2n) is 5.47. The quantitative estimate of drug-likeness (QED) is 0.742. The van der Waals surface area contributed by atoms with Crippen molar-refractivity contribution in [3.63, 3.8) is 0 Å². The fraction of sp³-hybridized carbons (Fsp3) is 0.786. The van der Waals surface area contributed by atoms with Crippen LogP contribution in [0.2, 0.25) is 0 Å². The van der Waals surface area contributed by atoms with Crippen molar-refractivity contribution >= 4 is 17.7 Å². The molecular weight excluding hydrogens is 290 g/mol. The van der Waals surface area contributed by atoms with Gasteiger partial charge in [-0.05, 0) is 19.3 Å². The van der Waals surface area contributed by atoms with Crippen molar-refractivity contribution in [2.45, 2.75) is 56.1 Å². The molecule has 1 N–H and O–H groups in total. The van der Waals surface area contributed by atoms with Gasteiger partial charge < -0.3 is 14.4 Å². The monoisotopic (exact) mass is 313 g/mol. The molecule has 21 heavy (non-hydrogen) atoms. The zero-order chi connectivity index (χ0) is 15.3. The van der Waals surface area contributed by atoms with Crippen molar-refractivity contribution in [3.8, 4) is 0 Å². The predicted octanol–water partition coefficient (Wildman–Crippen LogP) is 2.32. The van der Waals surface area contributed by atoms with Crippen molar-refractivity contribution in [2.75, 3.05) is 19.5 Å². The van der Waals surface area contributed by atoms with E-state index in [1.807, 2.05) is 0 Å². The molecule has 6 nitrogen and oxygen atoms in total. The first-order valence-electron chi connectivity index (χ1n) is 7.40. The van der Waals surface area contributed by atoms with Crippen LogP contribution >= 0.6 is 11.8 Å². The normalized spacial score (nSPS) is 17.2. The van der Waals surface area contributed by atoms with Gasteiger partial charge >= 0.3 is 5.97 Å². The van der Waals surface area contributed by atoms with E-state index in [-0.39, 0.29) is 11.2 Å². The van der Waals surface area contributed by atoms with Crippen LogP contribution < -0.4 is 0 Å². The maximum absolute atomic E-state index is 10.8. The van der Waals surface area contributed by atoms with Crippen molar-refractivity contribution in [3.05, 3.63) is 5.82 Å². The maximum Gasteiger partial charge on any atom is 0.313 e. The lowest BCUT2D eigenvalue weighted by Gasteiger charge is -2.27. The van der Waals surface area contributed by atoms with Crippen LogP contribution in [0.25, 0.3) is 0 Å². The van der Waals surface area contributed by atoms with Gasteiger partial charge in [0.1, 0.15) is 5.82 Å². The third-order valence-electron chi connectivity index (χ3n) is 4.27. The average Bonchev–Trinajstić information content (AvgIpc) is 3.10. The van der Waals surface area contributed by atoms with Gasteiger partial charge in [0.15, 0.2) is 5.16 Å². The Balaban J connectivity index is 2.29. The molecule has 2 rings (SSSR count). The number of carboxylic acid groups (broad SMARTS) is 1. The Bertz CT molecular complexity index is 484. The number of carboxylic acids is 1. The van der Waals surface area contributed by atoms with Crippen LogP contribution in [-0.2, 0) is 21.5 Å². The first-order valence-corrected chi connectivity index (χ1v) is 8.39. The molecule has 0 saturated heterocycles. The van der Waals surface area contributed by atoms with Crippen molar-refractivity contribution in [1.29, 1.82) is 0 Å². The van der Waals surface area contributed by atoms with E-state index in [0.717, 1.165) is 25.1 Å². The smallest absolute Gasteiger partial charge is 0.313 e. The summed E-state index contributed by atoms with van der Waals surface area (Å²) in [5.41, 5.74) is 0.1000. The molecule has 1 saturated carbocycles. The molecule has 0 aliphatic heterocycles. The third-order valence-corrected chi connectivity index (χ3v) is 5.22. The van der Waals surface area contributed by atoms with Gasteiger partial charge in [-0.3, -0.25) is 4.79 Å². The van der Waals surface area contributed by atoms with Gasteiger partial charge in [0.05, 0.1) is 12.4 Å². The molecule has 7 heteroatoms. The van der Waals surface area contributed by atoms with E-state index in [1.165, 1.54) is 24.6 Å². The molecule has 1 aromatic heterocycles. The summed E-state index contributed by atoms with van der Waals surface area (Å²) >= 11 is 1.23. The Kier molecular flexibility index (Phi) is 5.64. The van der Waals surface area contributed by atoms with E-state index in [0.29, 0.717) is 18.3 Å². The lowest BCUT2D eigenvalue weighted by molar-refractivity contribution is -0.133. The van der Waals surface area contributed by atoms with Gasteiger partial charge in [0, 0.05) is 19.1 Å². The Morgan fingerprint density at radius 1 is 1.43 bits per heavy atom. The number of carbonyl (C=O) groups is 1. The van der Waals surface area contributed by atoms with Crippen LogP contribution in [0.3, 0.4) is 0 Å². The largest absolute Gasteiger partial charge is 0.481 e. The number of rotatable bonds is 8. The summed E-state index contributed by atoms with van der Waals surface area (Å²) in [4.78, 5) is 10.8. The Labute approximate surface area is 129 Å². The molecule has 1 aliphatic rings. The summed E-state index contributed by atoms with van der Waals surface area (Å²) in [6.07, 6.45) is 5.77. The molecule has 0 bridgehead atoms. The van der Waals surface area contributed by atoms with Crippen LogP contribution in [0.1, 0.15) is 44.9 Å². The van der Waals surface area contributed by atoms with Crippen molar-refractivity contribution < 1.29 is 14.6 Å². The zero-order valence-electron chi connectivity index (χ0n) is 12.7. The highest BCUT2D eigenvalue weighted by Crippen LogP contribution is 2.43. The Morgan fingerprint density at radius 2 is 2.14 bits per heavy atom. The molecule has 1 aliphatic carbocycles. The fourth-order valence-corrected chi connectivity index (χ4v) is 3.77. The van der Waals surface area contributed by atoms with Gasteiger partial charge in [-0.15, -0.1) is 10.2 Å². The SMILES string of the molecule is CCC1(c2nnc(SCC(=O)O)n2CCOC)CCCC1. The predicted molar refractivity (Wildman–Crippen MR) is 80.7 cm³/mol. The van der Waals surface area contributed by atoms with E-state index in [2.05, 4.69) is 21.7 Å². The molecule has 0 aromatic carbocycles. The topological polar surface area (TPSA) is 77.2 Å². The number of ether oxygens (including phenoxy) is 1. The summed E-state index contributed by atoms with van der Waals surface area (Å²) in [6, 6.07) is 0. The molecule has 0 radical (unpaired) electrons. The first-order chi connectivity index (χ1) is 10.1. The Morgan fingerprint density at radius 3 is 2.71 bits per heavy atom. The standard InChI is InChI=1S/C14H23N3O3S/c1-3-14(6-4-5-7-14)12-15-16-13(21-10-11(18)19)17(12)8-9-20-2/h3-10H2,1-2H3,(H,18,19). The van der Waals surface area contributed by atoms with E-state index < -0.39 is 5.97 Å². The second kappa shape index (κ2) is 7.26. The minimum absolute atomic E-state index is 0.00421. The number of thioether (sulfide) groups is 1. The average molecular weight is 313 g/mol. The van der Waals surface area contributed by atoms with Gasteiger partial charge in [0.2, 0.25) is 0 Å². The van der Waals surface area contributed by atoms with Gasteiger partial charge in [-0.25, -0.2) is 0 Å². The highest BCUT2D eigenvalue weighted by molar-refractivity contribution is 7.99. The van der Waals surface area contributed by atoms with Gasteiger partial charge in [0.25, 0.3) is 0 Å². The number of hydrogen-bond donors (Lipinski definition) is 1. The second-order valence-corrected chi connectivity index (χ2v) is 6.42. The molecule has 0 amide bonds. The van der Waals surface area contributed by atoms with Crippen LogP contribution in [-0.4, -0.2) is 45.3 Å². The fourth-order valence-electron chi connectivity index (χ4n) is 3.09. The van der Waals surface area contributed by atoms with Crippen LogP contribution in [0.4, 0.5) is 0 Å². The summed E-state index contributed by atoms with van der Waals surface area (Å²) in [5.74, 6) is 0.172.